The summed E-state index contributed by atoms with van der Waals surface area (Å²) in [6, 6.07) is 8.88. The highest BCUT2D eigenvalue weighted by Gasteiger charge is 2.16. The van der Waals surface area contributed by atoms with Crippen LogP contribution in [0.2, 0.25) is 0 Å². The van der Waals surface area contributed by atoms with Gasteiger partial charge in [-0.1, -0.05) is 12.1 Å². The molecular formula is C17H13F2N5O2. The minimum absolute atomic E-state index is 0.0706. The minimum Gasteiger partial charge on any atom is -0.364 e. The number of anilines is 1. The Bertz CT molecular complexity index is 979. The van der Waals surface area contributed by atoms with E-state index in [0.717, 1.165) is 6.07 Å². The average Bonchev–Trinajstić information content (AvgIpc) is 2.97. The average molecular weight is 357 g/mol. The van der Waals surface area contributed by atoms with Crippen molar-refractivity contribution in [2.75, 3.05) is 5.32 Å². The molecule has 3 rings (SSSR count). The molecule has 0 fully saturated rings. The monoisotopic (exact) mass is 357 g/mol. The van der Waals surface area contributed by atoms with Gasteiger partial charge in [-0.15, -0.1) is 0 Å². The van der Waals surface area contributed by atoms with Gasteiger partial charge in [0.2, 0.25) is 0 Å². The van der Waals surface area contributed by atoms with Gasteiger partial charge in [0.15, 0.2) is 5.69 Å². The molecule has 7 nitrogen and oxygen atoms in total. The summed E-state index contributed by atoms with van der Waals surface area (Å²) in [5, 5.41) is 6.28. The van der Waals surface area contributed by atoms with Crippen LogP contribution in [0.15, 0.2) is 48.7 Å². The van der Waals surface area contributed by atoms with Crippen LogP contribution < -0.4 is 16.8 Å². The quantitative estimate of drug-likeness (QED) is 0.666. The fourth-order valence-corrected chi connectivity index (χ4v) is 2.44. The Morgan fingerprint density at radius 2 is 1.58 bits per heavy atom. The number of urea groups is 1. The van der Waals surface area contributed by atoms with Crippen LogP contribution in [0.5, 0.6) is 0 Å². The number of halogens is 2. The van der Waals surface area contributed by atoms with E-state index in [1.807, 2.05) is 0 Å². The molecule has 26 heavy (non-hydrogen) atoms. The van der Waals surface area contributed by atoms with Crippen molar-refractivity contribution in [1.82, 2.24) is 9.78 Å². The van der Waals surface area contributed by atoms with Crippen molar-refractivity contribution >= 4 is 17.6 Å². The molecule has 0 aliphatic heterocycles. The van der Waals surface area contributed by atoms with E-state index >= 15 is 0 Å². The lowest BCUT2D eigenvalue weighted by Gasteiger charge is -2.05. The third-order valence-corrected chi connectivity index (χ3v) is 3.53. The number of hydrogen-bond acceptors (Lipinski definition) is 3. The lowest BCUT2D eigenvalue weighted by molar-refractivity contribution is 0.0996. The van der Waals surface area contributed by atoms with Crippen LogP contribution >= 0.6 is 0 Å². The van der Waals surface area contributed by atoms with Crippen LogP contribution in [-0.4, -0.2) is 21.7 Å². The van der Waals surface area contributed by atoms with Gasteiger partial charge in [-0.25, -0.2) is 18.3 Å². The molecule has 0 aliphatic carbocycles. The second-order valence-corrected chi connectivity index (χ2v) is 5.39. The molecule has 0 saturated heterocycles. The maximum atomic E-state index is 13.3. The Balaban J connectivity index is 1.96. The van der Waals surface area contributed by atoms with E-state index in [4.69, 9.17) is 11.5 Å². The van der Waals surface area contributed by atoms with E-state index in [0.29, 0.717) is 16.8 Å². The predicted octanol–water partition coefficient (Wildman–Crippen LogP) is 2.41. The molecule has 0 radical (unpaired) electrons. The summed E-state index contributed by atoms with van der Waals surface area (Å²) in [7, 11) is 0. The number of benzene rings is 2. The Kier molecular flexibility index (Phi) is 4.36. The van der Waals surface area contributed by atoms with Crippen LogP contribution in [0, 0.1) is 11.6 Å². The first kappa shape index (κ1) is 17.1. The number of carbonyl (C=O) groups excluding carboxylic acids is 2. The third-order valence-electron chi connectivity index (χ3n) is 3.53. The highest BCUT2D eigenvalue weighted by Crippen LogP contribution is 2.24. The summed E-state index contributed by atoms with van der Waals surface area (Å²) in [6.07, 6.45) is 1.38. The number of amides is 3. The summed E-state index contributed by atoms with van der Waals surface area (Å²) in [5.41, 5.74) is 11.7. The molecule has 0 aliphatic rings. The van der Waals surface area contributed by atoms with Crippen LogP contribution in [0.1, 0.15) is 10.5 Å². The maximum absolute atomic E-state index is 13.3. The molecular weight excluding hydrogens is 344 g/mol. The van der Waals surface area contributed by atoms with Crippen molar-refractivity contribution in [2.45, 2.75) is 0 Å². The molecule has 0 saturated carbocycles. The number of nitrogens with zero attached hydrogens (tertiary/aromatic N) is 2. The Morgan fingerprint density at radius 3 is 2.12 bits per heavy atom. The molecule has 5 N–H and O–H groups in total. The van der Waals surface area contributed by atoms with Gasteiger partial charge in [-0.2, -0.15) is 5.10 Å². The van der Waals surface area contributed by atoms with Gasteiger partial charge in [-0.3, -0.25) is 4.79 Å². The second kappa shape index (κ2) is 6.63. The molecule has 1 aromatic heterocycles. The van der Waals surface area contributed by atoms with Gasteiger partial charge in [0.05, 0.1) is 17.6 Å². The molecule has 9 heteroatoms. The molecule has 3 aromatic rings. The van der Waals surface area contributed by atoms with Gasteiger partial charge >= 0.3 is 6.03 Å². The second-order valence-electron chi connectivity index (χ2n) is 5.39. The first-order valence-corrected chi connectivity index (χ1v) is 7.36. The Hall–Kier alpha value is -3.75. The van der Waals surface area contributed by atoms with Gasteiger partial charge < -0.3 is 16.8 Å². The van der Waals surface area contributed by atoms with Crippen LogP contribution in [0.4, 0.5) is 19.3 Å². The van der Waals surface area contributed by atoms with Crippen LogP contribution in [-0.2, 0) is 0 Å². The SMILES string of the molecule is NC(=O)Nc1cn(-c2ccc(-c3cc(F)cc(F)c3)cc2)nc1C(N)=O. The molecule has 1 heterocycles. The lowest BCUT2D eigenvalue weighted by atomic mass is 10.1. The summed E-state index contributed by atoms with van der Waals surface area (Å²) in [6.45, 7) is 0. The molecule has 3 amide bonds. The largest absolute Gasteiger partial charge is 0.364 e. The fourth-order valence-electron chi connectivity index (χ4n) is 2.44. The number of aromatic nitrogens is 2. The maximum Gasteiger partial charge on any atom is 0.316 e. The molecule has 0 bridgehead atoms. The van der Waals surface area contributed by atoms with E-state index in [2.05, 4.69) is 10.4 Å². The summed E-state index contributed by atoms with van der Waals surface area (Å²) < 4.78 is 28.0. The molecule has 132 valence electrons. The minimum atomic E-state index is -0.865. The van der Waals surface area contributed by atoms with E-state index in [-0.39, 0.29) is 11.4 Å². The van der Waals surface area contributed by atoms with Crippen molar-refractivity contribution < 1.29 is 18.4 Å². The Morgan fingerprint density at radius 1 is 0.962 bits per heavy atom. The van der Waals surface area contributed by atoms with Gasteiger partial charge in [-0.05, 0) is 35.4 Å². The van der Waals surface area contributed by atoms with Crippen molar-refractivity contribution in [1.29, 1.82) is 0 Å². The Labute approximate surface area is 146 Å². The van der Waals surface area contributed by atoms with Gasteiger partial charge in [0, 0.05) is 6.07 Å². The van der Waals surface area contributed by atoms with Crippen LogP contribution in [0.25, 0.3) is 16.8 Å². The van der Waals surface area contributed by atoms with Gasteiger partial charge in [0.1, 0.15) is 11.6 Å². The highest BCUT2D eigenvalue weighted by atomic mass is 19.1. The first-order chi connectivity index (χ1) is 12.3. The number of nitrogens with two attached hydrogens (primary N) is 2. The number of rotatable bonds is 4. The van der Waals surface area contributed by atoms with E-state index in [1.165, 1.54) is 23.0 Å². The number of primary amides is 2. The van der Waals surface area contributed by atoms with E-state index in [9.17, 15) is 18.4 Å². The lowest BCUT2D eigenvalue weighted by Crippen LogP contribution is -2.22. The van der Waals surface area contributed by atoms with Crippen molar-refractivity contribution in [3.8, 4) is 16.8 Å². The summed E-state index contributed by atoms with van der Waals surface area (Å²) in [5.74, 6) is -2.19. The molecule has 0 spiro atoms. The smallest absolute Gasteiger partial charge is 0.316 e. The van der Waals surface area contributed by atoms with Crippen molar-refractivity contribution in [3.05, 3.63) is 66.0 Å². The highest BCUT2D eigenvalue weighted by molar-refractivity contribution is 6.00. The third kappa shape index (κ3) is 3.51. The standard InChI is InChI=1S/C17H13F2N5O2/c18-11-5-10(6-12(19)7-11)9-1-3-13(4-2-9)24-8-14(22-17(21)26)15(23-24)16(20)25/h1-8H,(H2,20,25)(H3,21,22,26). The molecule has 2 aromatic carbocycles. The van der Waals surface area contributed by atoms with Crippen molar-refractivity contribution in [2.24, 2.45) is 11.5 Å². The normalized spacial score (nSPS) is 10.5. The van der Waals surface area contributed by atoms with Crippen molar-refractivity contribution in [3.63, 3.8) is 0 Å². The summed E-state index contributed by atoms with van der Waals surface area (Å²) in [4.78, 5) is 22.4. The zero-order valence-corrected chi connectivity index (χ0v) is 13.2. The molecule has 0 atom stereocenters. The molecule has 0 unspecified atom stereocenters. The van der Waals surface area contributed by atoms with Gasteiger partial charge in [0.25, 0.3) is 5.91 Å². The number of carbonyl (C=O) groups is 2. The summed E-state index contributed by atoms with van der Waals surface area (Å²) >= 11 is 0. The van der Waals surface area contributed by atoms with E-state index < -0.39 is 23.6 Å². The topological polar surface area (TPSA) is 116 Å². The number of hydrogen-bond donors (Lipinski definition) is 3. The van der Waals surface area contributed by atoms with Crippen LogP contribution in [0.3, 0.4) is 0 Å². The fraction of sp³-hybridized carbons (Fsp3) is 0. The zero-order valence-electron chi connectivity index (χ0n) is 13.2. The predicted molar refractivity (Wildman–Crippen MR) is 90.6 cm³/mol. The first-order valence-electron chi connectivity index (χ1n) is 7.36. The number of nitrogens with one attached hydrogen (secondary N) is 1. The van der Waals surface area contributed by atoms with E-state index in [1.54, 1.807) is 24.3 Å². The zero-order chi connectivity index (χ0) is 18.8.